The van der Waals surface area contributed by atoms with Crippen LogP contribution >= 0.6 is 11.6 Å². The van der Waals surface area contributed by atoms with Gasteiger partial charge in [-0.1, -0.05) is 35.9 Å². The van der Waals surface area contributed by atoms with E-state index in [1.807, 2.05) is 25.1 Å². The average Bonchev–Trinajstić information content (AvgIpc) is 3.04. The number of allylic oxidation sites excluding steroid dienone is 2. The van der Waals surface area contributed by atoms with Gasteiger partial charge in [0, 0.05) is 28.8 Å². The van der Waals surface area contributed by atoms with Crippen LogP contribution in [0.1, 0.15) is 35.1 Å². The number of aryl methyl sites for hydroxylation is 1. The van der Waals surface area contributed by atoms with Crippen LogP contribution in [0.15, 0.2) is 48.6 Å². The Morgan fingerprint density at radius 1 is 1.29 bits per heavy atom. The fraction of sp³-hybridized carbons (Fsp3) is 0.263. The molecule has 0 amide bonds. The molecular formula is C19H17ClN2O2. The molecule has 0 spiro atoms. The maximum Gasteiger partial charge on any atom is 0.270 e. The monoisotopic (exact) mass is 340 g/mol. The van der Waals surface area contributed by atoms with Crippen LogP contribution in [0.3, 0.4) is 0 Å². The molecule has 0 fully saturated rings. The summed E-state index contributed by atoms with van der Waals surface area (Å²) in [5.74, 6) is 0.543. The molecule has 0 saturated carbocycles. The molecule has 1 N–H and O–H groups in total. The second-order valence-corrected chi connectivity index (χ2v) is 6.95. The maximum absolute atomic E-state index is 11.2. The second kappa shape index (κ2) is 5.64. The van der Waals surface area contributed by atoms with Gasteiger partial charge in [0.25, 0.3) is 5.69 Å². The van der Waals surface area contributed by atoms with Gasteiger partial charge < -0.3 is 5.32 Å². The van der Waals surface area contributed by atoms with Gasteiger partial charge in [-0.25, -0.2) is 0 Å². The fourth-order valence-electron chi connectivity index (χ4n) is 4.00. The molecule has 1 aliphatic heterocycles. The van der Waals surface area contributed by atoms with Gasteiger partial charge in [0.1, 0.15) is 0 Å². The molecule has 1 heterocycles. The van der Waals surface area contributed by atoms with Gasteiger partial charge >= 0.3 is 0 Å². The number of non-ortho nitro benzene ring substituents is 1. The van der Waals surface area contributed by atoms with Crippen molar-refractivity contribution in [2.45, 2.75) is 25.3 Å². The van der Waals surface area contributed by atoms with Gasteiger partial charge in [-0.2, -0.15) is 0 Å². The van der Waals surface area contributed by atoms with Crippen molar-refractivity contribution in [1.29, 1.82) is 0 Å². The topological polar surface area (TPSA) is 55.2 Å². The zero-order valence-corrected chi connectivity index (χ0v) is 14.0. The van der Waals surface area contributed by atoms with Crippen molar-refractivity contribution in [3.63, 3.8) is 0 Å². The van der Waals surface area contributed by atoms with Crippen LogP contribution in [-0.2, 0) is 0 Å². The summed E-state index contributed by atoms with van der Waals surface area (Å²) in [5, 5.41) is 15.6. The number of anilines is 1. The number of nitrogens with zero attached hydrogens (tertiary/aromatic N) is 1. The number of benzene rings is 2. The lowest BCUT2D eigenvalue weighted by molar-refractivity contribution is -0.385. The van der Waals surface area contributed by atoms with E-state index in [0.717, 1.165) is 33.8 Å². The normalized spacial score (nSPS) is 24.2. The van der Waals surface area contributed by atoms with E-state index in [0.29, 0.717) is 5.92 Å². The molecule has 0 aromatic heterocycles. The Labute approximate surface area is 145 Å². The Bertz CT molecular complexity index is 862. The highest BCUT2D eigenvalue weighted by Gasteiger charge is 2.39. The Kier molecular flexibility index (Phi) is 3.57. The molecule has 1 aliphatic carbocycles. The predicted octanol–water partition coefficient (Wildman–Crippen LogP) is 5.38. The Morgan fingerprint density at radius 2 is 2.12 bits per heavy atom. The third kappa shape index (κ3) is 2.38. The highest BCUT2D eigenvalue weighted by molar-refractivity contribution is 6.30. The molecule has 3 atom stereocenters. The Balaban J connectivity index is 1.83. The smallest absolute Gasteiger partial charge is 0.270 e. The SMILES string of the molecule is Cc1cc([N+](=O)[O-])cc2c1N[C@H](c1cccc(Cl)c1)[C@H]1CC=C[C@@H]21. The van der Waals surface area contributed by atoms with Gasteiger partial charge in [-0.3, -0.25) is 10.1 Å². The van der Waals surface area contributed by atoms with E-state index >= 15 is 0 Å². The number of rotatable bonds is 2. The first-order valence-corrected chi connectivity index (χ1v) is 8.40. The van der Waals surface area contributed by atoms with E-state index in [2.05, 4.69) is 23.5 Å². The van der Waals surface area contributed by atoms with E-state index in [1.54, 1.807) is 12.1 Å². The largest absolute Gasteiger partial charge is 0.377 e. The first kappa shape index (κ1) is 15.2. The average molecular weight is 341 g/mol. The van der Waals surface area contributed by atoms with Crippen LogP contribution in [0.4, 0.5) is 11.4 Å². The number of nitrogens with one attached hydrogen (secondary N) is 1. The van der Waals surface area contributed by atoms with E-state index < -0.39 is 0 Å². The van der Waals surface area contributed by atoms with Crippen molar-refractivity contribution in [1.82, 2.24) is 0 Å². The van der Waals surface area contributed by atoms with Crippen LogP contribution in [0, 0.1) is 23.0 Å². The molecule has 0 unspecified atom stereocenters. The van der Waals surface area contributed by atoms with Gasteiger partial charge in [-0.15, -0.1) is 0 Å². The van der Waals surface area contributed by atoms with Crippen LogP contribution < -0.4 is 5.32 Å². The number of nitro benzene ring substituents is 1. The number of halogens is 1. The summed E-state index contributed by atoms with van der Waals surface area (Å²) < 4.78 is 0. The predicted molar refractivity (Wildman–Crippen MR) is 95.6 cm³/mol. The van der Waals surface area contributed by atoms with Crippen molar-refractivity contribution in [3.8, 4) is 0 Å². The molecule has 2 aliphatic rings. The summed E-state index contributed by atoms with van der Waals surface area (Å²) in [7, 11) is 0. The summed E-state index contributed by atoms with van der Waals surface area (Å²) in [4.78, 5) is 10.9. The Morgan fingerprint density at radius 3 is 2.88 bits per heavy atom. The van der Waals surface area contributed by atoms with Gasteiger partial charge in [0.05, 0.1) is 11.0 Å². The van der Waals surface area contributed by atoms with E-state index in [4.69, 9.17) is 11.6 Å². The quantitative estimate of drug-likeness (QED) is 0.453. The summed E-state index contributed by atoms with van der Waals surface area (Å²) in [6.07, 6.45) is 5.32. The third-order valence-corrected chi connectivity index (χ3v) is 5.30. The second-order valence-electron chi connectivity index (χ2n) is 6.51. The fourth-order valence-corrected chi connectivity index (χ4v) is 4.20. The standard InChI is InChI=1S/C19H17ClN2O2/c1-11-8-14(22(23)24)10-17-15-6-3-7-16(15)19(21-18(11)17)12-4-2-5-13(20)9-12/h2-6,8-10,15-16,19,21H,7H2,1H3/t15-,16+,19-/m1/s1. The van der Waals surface area contributed by atoms with Crippen LogP contribution in [0.5, 0.6) is 0 Å². The number of fused-ring (bicyclic) bond motifs is 3. The van der Waals surface area contributed by atoms with Crippen LogP contribution in [0.2, 0.25) is 5.02 Å². The minimum Gasteiger partial charge on any atom is -0.377 e. The van der Waals surface area contributed by atoms with Crippen molar-refractivity contribution < 1.29 is 4.92 Å². The van der Waals surface area contributed by atoms with E-state index in [9.17, 15) is 10.1 Å². The molecular weight excluding hydrogens is 324 g/mol. The summed E-state index contributed by atoms with van der Waals surface area (Å²) in [6.45, 7) is 1.92. The molecule has 2 aromatic rings. The molecule has 2 aromatic carbocycles. The summed E-state index contributed by atoms with van der Waals surface area (Å²) in [5.41, 5.74) is 4.26. The third-order valence-electron chi connectivity index (χ3n) is 5.07. The van der Waals surface area contributed by atoms with Crippen molar-refractivity contribution in [3.05, 3.63) is 80.4 Å². The van der Waals surface area contributed by atoms with Crippen molar-refractivity contribution >= 4 is 23.0 Å². The molecule has 0 bridgehead atoms. The highest BCUT2D eigenvalue weighted by atomic mass is 35.5. The lowest BCUT2D eigenvalue weighted by atomic mass is 9.76. The van der Waals surface area contributed by atoms with Crippen LogP contribution in [-0.4, -0.2) is 4.92 Å². The van der Waals surface area contributed by atoms with Crippen molar-refractivity contribution in [2.24, 2.45) is 5.92 Å². The van der Waals surface area contributed by atoms with Crippen molar-refractivity contribution in [2.75, 3.05) is 5.32 Å². The van der Waals surface area contributed by atoms with Gasteiger partial charge in [-0.05, 0) is 48.1 Å². The number of hydrogen-bond donors (Lipinski definition) is 1. The maximum atomic E-state index is 11.2. The molecule has 4 rings (SSSR count). The molecule has 0 radical (unpaired) electrons. The molecule has 0 saturated heterocycles. The van der Waals surface area contributed by atoms with E-state index in [-0.39, 0.29) is 22.6 Å². The summed E-state index contributed by atoms with van der Waals surface area (Å²) >= 11 is 6.18. The molecule has 4 nitrogen and oxygen atoms in total. The molecule has 24 heavy (non-hydrogen) atoms. The molecule has 122 valence electrons. The van der Waals surface area contributed by atoms with E-state index in [1.165, 1.54) is 0 Å². The summed E-state index contributed by atoms with van der Waals surface area (Å²) in [6, 6.07) is 11.4. The molecule has 5 heteroatoms. The van der Waals surface area contributed by atoms with Crippen LogP contribution in [0.25, 0.3) is 0 Å². The number of hydrogen-bond acceptors (Lipinski definition) is 3. The lowest BCUT2D eigenvalue weighted by Gasteiger charge is -2.38. The Hall–Kier alpha value is -2.33. The minimum atomic E-state index is -0.315. The zero-order valence-electron chi connectivity index (χ0n) is 13.2. The minimum absolute atomic E-state index is 0.149. The van der Waals surface area contributed by atoms with Gasteiger partial charge in [0.2, 0.25) is 0 Å². The number of nitro groups is 1. The highest BCUT2D eigenvalue weighted by Crippen LogP contribution is 2.51. The van der Waals surface area contributed by atoms with Gasteiger partial charge in [0.15, 0.2) is 0 Å². The first-order valence-electron chi connectivity index (χ1n) is 8.02. The first-order chi connectivity index (χ1) is 11.5. The zero-order chi connectivity index (χ0) is 16.8. The lowest BCUT2D eigenvalue weighted by Crippen LogP contribution is -2.29.